The lowest BCUT2D eigenvalue weighted by molar-refractivity contribution is -0.111. The molecule has 0 aromatic heterocycles. The molecule has 0 unspecified atom stereocenters. The summed E-state index contributed by atoms with van der Waals surface area (Å²) in [5.41, 5.74) is 2.51. The summed E-state index contributed by atoms with van der Waals surface area (Å²) in [6.45, 7) is 6.10. The topological polar surface area (TPSA) is 32.3 Å². The molecule has 2 aromatic carbocycles. The zero-order valence-electron chi connectivity index (χ0n) is 13.4. The monoisotopic (exact) mass is 312 g/mol. The van der Waals surface area contributed by atoms with Crippen molar-refractivity contribution in [2.24, 2.45) is 0 Å². The number of anilines is 2. The first kappa shape index (κ1) is 16.7. The van der Waals surface area contributed by atoms with Gasteiger partial charge in [0.2, 0.25) is 5.91 Å². The van der Waals surface area contributed by atoms with Crippen molar-refractivity contribution in [3.8, 4) is 0 Å². The Kier molecular flexibility index (Phi) is 5.92. The zero-order chi connectivity index (χ0) is 16.7. The molecule has 0 aliphatic heterocycles. The number of hydrogen-bond acceptors (Lipinski definition) is 2. The molecule has 0 atom stereocenters. The van der Waals surface area contributed by atoms with Gasteiger partial charge in [0, 0.05) is 30.5 Å². The highest BCUT2D eigenvalue weighted by atomic mass is 19.1. The second kappa shape index (κ2) is 8.13. The molecule has 1 N–H and O–H groups in total. The molecule has 3 nitrogen and oxygen atoms in total. The Labute approximate surface area is 136 Å². The van der Waals surface area contributed by atoms with Gasteiger partial charge in [0.05, 0.1) is 0 Å². The highest BCUT2D eigenvalue weighted by molar-refractivity contribution is 6.02. The second-order valence-electron chi connectivity index (χ2n) is 5.10. The van der Waals surface area contributed by atoms with Gasteiger partial charge in [0.15, 0.2) is 0 Å². The molecule has 2 rings (SSSR count). The lowest BCUT2D eigenvalue weighted by Crippen LogP contribution is -2.21. The molecule has 2 aromatic rings. The molecule has 23 heavy (non-hydrogen) atoms. The molecule has 0 aliphatic carbocycles. The van der Waals surface area contributed by atoms with Crippen LogP contribution in [0.15, 0.2) is 54.6 Å². The van der Waals surface area contributed by atoms with Crippen LogP contribution in [0.1, 0.15) is 19.4 Å². The number of rotatable bonds is 6. The summed E-state index contributed by atoms with van der Waals surface area (Å²) >= 11 is 0. The Balaban J connectivity index is 1.97. The molecular formula is C19H21FN2O. The van der Waals surface area contributed by atoms with E-state index >= 15 is 0 Å². The molecule has 1 amide bonds. The molecule has 120 valence electrons. The maximum atomic E-state index is 13.1. The average Bonchev–Trinajstić information content (AvgIpc) is 2.56. The fourth-order valence-corrected chi connectivity index (χ4v) is 2.31. The van der Waals surface area contributed by atoms with Crippen LogP contribution in [0, 0.1) is 5.82 Å². The average molecular weight is 312 g/mol. The first-order valence-electron chi connectivity index (χ1n) is 7.72. The number of halogens is 1. The molecule has 0 saturated carbocycles. The highest BCUT2D eigenvalue weighted by Gasteiger charge is 2.02. The van der Waals surface area contributed by atoms with Gasteiger partial charge in [-0.15, -0.1) is 0 Å². The highest BCUT2D eigenvalue weighted by Crippen LogP contribution is 2.17. The number of amides is 1. The SMILES string of the molecule is CCN(CC)c1ccc(NC(=O)/C=C/c2cccc(F)c2)cc1. The van der Waals surface area contributed by atoms with E-state index in [0.29, 0.717) is 5.56 Å². The first-order valence-corrected chi connectivity index (χ1v) is 7.72. The third-order valence-corrected chi connectivity index (χ3v) is 3.54. The number of nitrogens with one attached hydrogen (secondary N) is 1. The number of carbonyl (C=O) groups is 1. The lowest BCUT2D eigenvalue weighted by Gasteiger charge is -2.21. The molecule has 0 radical (unpaired) electrons. The van der Waals surface area contributed by atoms with Crippen LogP contribution in [0.25, 0.3) is 6.08 Å². The fourth-order valence-electron chi connectivity index (χ4n) is 2.31. The van der Waals surface area contributed by atoms with Gasteiger partial charge in [-0.25, -0.2) is 4.39 Å². The smallest absolute Gasteiger partial charge is 0.248 e. The van der Waals surface area contributed by atoms with Crippen molar-refractivity contribution >= 4 is 23.4 Å². The Morgan fingerprint density at radius 3 is 2.43 bits per heavy atom. The summed E-state index contributed by atoms with van der Waals surface area (Å²) in [5, 5.41) is 2.79. The molecule has 0 fully saturated rings. The molecular weight excluding hydrogens is 291 g/mol. The zero-order valence-corrected chi connectivity index (χ0v) is 13.4. The summed E-state index contributed by atoms with van der Waals surface area (Å²) < 4.78 is 13.1. The van der Waals surface area contributed by atoms with E-state index in [2.05, 4.69) is 24.1 Å². The van der Waals surface area contributed by atoms with Crippen LogP contribution in [-0.2, 0) is 4.79 Å². The van der Waals surface area contributed by atoms with E-state index in [1.165, 1.54) is 18.2 Å². The van der Waals surface area contributed by atoms with E-state index < -0.39 is 0 Å². The number of carbonyl (C=O) groups excluding carboxylic acids is 1. The van der Waals surface area contributed by atoms with Crippen molar-refractivity contribution in [2.75, 3.05) is 23.3 Å². The summed E-state index contributed by atoms with van der Waals surface area (Å²) in [6, 6.07) is 13.8. The van der Waals surface area contributed by atoms with E-state index in [4.69, 9.17) is 0 Å². The second-order valence-corrected chi connectivity index (χ2v) is 5.10. The van der Waals surface area contributed by atoms with Gasteiger partial charge in [-0.1, -0.05) is 12.1 Å². The number of nitrogens with zero attached hydrogens (tertiary/aromatic N) is 1. The van der Waals surface area contributed by atoms with Crippen molar-refractivity contribution in [3.05, 3.63) is 66.0 Å². The predicted octanol–water partition coefficient (Wildman–Crippen LogP) is 4.32. The largest absolute Gasteiger partial charge is 0.372 e. The van der Waals surface area contributed by atoms with Crippen molar-refractivity contribution in [1.82, 2.24) is 0 Å². The Bertz CT molecular complexity index is 676. The minimum Gasteiger partial charge on any atom is -0.372 e. The third kappa shape index (κ3) is 4.95. The van der Waals surface area contributed by atoms with Gasteiger partial charge in [-0.3, -0.25) is 4.79 Å². The Hall–Kier alpha value is -2.62. The van der Waals surface area contributed by atoms with Crippen LogP contribution in [0.4, 0.5) is 15.8 Å². The van der Waals surface area contributed by atoms with Crippen LogP contribution < -0.4 is 10.2 Å². The van der Waals surface area contributed by atoms with E-state index in [0.717, 1.165) is 24.5 Å². The molecule has 0 saturated heterocycles. The van der Waals surface area contributed by atoms with Gasteiger partial charge in [0.25, 0.3) is 0 Å². The summed E-state index contributed by atoms with van der Waals surface area (Å²) in [4.78, 5) is 14.1. The molecule has 0 bridgehead atoms. The van der Waals surface area contributed by atoms with E-state index in [-0.39, 0.29) is 11.7 Å². The van der Waals surface area contributed by atoms with E-state index in [1.54, 1.807) is 18.2 Å². The predicted molar refractivity (Wildman–Crippen MR) is 94.1 cm³/mol. The minimum atomic E-state index is -0.320. The van der Waals surface area contributed by atoms with Crippen LogP contribution in [0.3, 0.4) is 0 Å². The van der Waals surface area contributed by atoms with Gasteiger partial charge in [0.1, 0.15) is 5.82 Å². The van der Waals surface area contributed by atoms with Gasteiger partial charge in [-0.2, -0.15) is 0 Å². The maximum Gasteiger partial charge on any atom is 0.248 e. The summed E-state index contributed by atoms with van der Waals surface area (Å²) in [7, 11) is 0. The number of benzene rings is 2. The van der Waals surface area contributed by atoms with Gasteiger partial charge < -0.3 is 10.2 Å². The minimum absolute atomic E-state index is 0.246. The Morgan fingerprint density at radius 1 is 1.13 bits per heavy atom. The van der Waals surface area contributed by atoms with Crippen LogP contribution in [-0.4, -0.2) is 19.0 Å². The van der Waals surface area contributed by atoms with Crippen molar-refractivity contribution < 1.29 is 9.18 Å². The van der Waals surface area contributed by atoms with Crippen LogP contribution in [0.2, 0.25) is 0 Å². The van der Waals surface area contributed by atoms with Crippen LogP contribution >= 0.6 is 0 Å². The van der Waals surface area contributed by atoms with E-state index in [1.807, 2.05) is 24.3 Å². The van der Waals surface area contributed by atoms with Gasteiger partial charge >= 0.3 is 0 Å². The fraction of sp³-hybridized carbons (Fsp3) is 0.211. The first-order chi connectivity index (χ1) is 11.1. The molecule has 0 spiro atoms. The molecule has 4 heteroatoms. The molecule has 0 heterocycles. The number of hydrogen-bond donors (Lipinski definition) is 1. The lowest BCUT2D eigenvalue weighted by atomic mass is 10.2. The summed E-state index contributed by atoms with van der Waals surface area (Å²) in [5.74, 6) is -0.565. The van der Waals surface area contributed by atoms with Crippen molar-refractivity contribution in [2.45, 2.75) is 13.8 Å². The Morgan fingerprint density at radius 2 is 1.83 bits per heavy atom. The van der Waals surface area contributed by atoms with Crippen molar-refractivity contribution in [3.63, 3.8) is 0 Å². The standard InChI is InChI=1S/C19H21FN2O/c1-3-22(4-2)18-11-9-17(10-12-18)21-19(23)13-8-15-6-5-7-16(20)14-15/h5-14H,3-4H2,1-2H3,(H,21,23)/b13-8+. The van der Waals surface area contributed by atoms with E-state index in [9.17, 15) is 9.18 Å². The molecule has 0 aliphatic rings. The van der Waals surface area contributed by atoms with Crippen LogP contribution in [0.5, 0.6) is 0 Å². The summed E-state index contributed by atoms with van der Waals surface area (Å²) in [6.07, 6.45) is 2.98. The van der Waals surface area contributed by atoms with Gasteiger partial charge in [-0.05, 0) is 61.9 Å². The van der Waals surface area contributed by atoms with Crippen molar-refractivity contribution in [1.29, 1.82) is 0 Å². The third-order valence-electron chi connectivity index (χ3n) is 3.54. The maximum absolute atomic E-state index is 13.1. The quantitative estimate of drug-likeness (QED) is 0.806. The normalized spacial score (nSPS) is 10.7.